The molecule has 0 radical (unpaired) electrons. The van der Waals surface area contributed by atoms with Crippen LogP contribution in [0.1, 0.15) is 70.6 Å². The SMILES string of the molecule is CC(C)C[C@H](NC(=O)[C@@H](CCCc1ccccc1)NC(=O)OC(C)(C)C)C(=O)N[C@@H](Cc1ccccc1)C(=O)OCc1ccccc1. The van der Waals surface area contributed by atoms with Crippen molar-refractivity contribution >= 4 is 23.9 Å². The average Bonchev–Trinajstić information content (AvgIpc) is 3.03. The fourth-order valence-corrected chi connectivity index (χ4v) is 4.99. The minimum absolute atomic E-state index is 0.0407. The molecule has 0 unspecified atom stereocenters. The fraction of sp³-hybridized carbons (Fsp3) is 0.421. The van der Waals surface area contributed by atoms with Gasteiger partial charge in [-0.05, 0) is 69.1 Å². The molecule has 3 aromatic carbocycles. The van der Waals surface area contributed by atoms with Gasteiger partial charge >= 0.3 is 12.1 Å². The summed E-state index contributed by atoms with van der Waals surface area (Å²) in [4.78, 5) is 53.5. The topological polar surface area (TPSA) is 123 Å². The van der Waals surface area contributed by atoms with Gasteiger partial charge in [0.25, 0.3) is 0 Å². The van der Waals surface area contributed by atoms with E-state index in [1.54, 1.807) is 20.8 Å². The minimum Gasteiger partial charge on any atom is -0.459 e. The number of ether oxygens (including phenoxy) is 2. The molecule has 3 N–H and O–H groups in total. The van der Waals surface area contributed by atoms with E-state index in [9.17, 15) is 19.2 Å². The van der Waals surface area contributed by atoms with Crippen LogP contribution in [0.2, 0.25) is 0 Å². The van der Waals surface area contributed by atoms with Crippen LogP contribution in [0, 0.1) is 5.92 Å². The van der Waals surface area contributed by atoms with Gasteiger partial charge in [-0.1, -0.05) is 105 Å². The number of aryl methyl sites for hydroxylation is 1. The Morgan fingerprint density at radius 3 is 1.72 bits per heavy atom. The Hall–Kier alpha value is -4.66. The van der Waals surface area contributed by atoms with Gasteiger partial charge < -0.3 is 25.4 Å². The summed E-state index contributed by atoms with van der Waals surface area (Å²) in [5.41, 5.74) is 2.04. The largest absolute Gasteiger partial charge is 0.459 e. The average molecular weight is 644 g/mol. The van der Waals surface area contributed by atoms with Crippen molar-refractivity contribution in [3.05, 3.63) is 108 Å². The monoisotopic (exact) mass is 643 g/mol. The van der Waals surface area contributed by atoms with E-state index in [-0.39, 0.29) is 18.9 Å². The van der Waals surface area contributed by atoms with Crippen molar-refractivity contribution in [3.63, 3.8) is 0 Å². The number of hydrogen-bond donors (Lipinski definition) is 3. The standard InChI is InChI=1S/C38H49N3O6/c1-27(2)24-32(39-34(42)31(41-37(45)47-38(3,4)5)23-15-22-28-16-9-6-10-17-28)35(43)40-33(25-29-18-11-7-12-19-29)36(44)46-26-30-20-13-8-14-21-30/h6-14,16-21,27,31-33H,15,22-26H2,1-5H3,(H,39,42)(H,40,43)(H,41,45)/t31-,32+,33+/m1/s1. The smallest absolute Gasteiger partial charge is 0.408 e. The molecule has 0 aliphatic carbocycles. The lowest BCUT2D eigenvalue weighted by atomic mass is 10.00. The zero-order valence-electron chi connectivity index (χ0n) is 28.2. The predicted octanol–water partition coefficient (Wildman–Crippen LogP) is 5.90. The summed E-state index contributed by atoms with van der Waals surface area (Å²) < 4.78 is 11.0. The Morgan fingerprint density at radius 1 is 0.660 bits per heavy atom. The molecule has 3 rings (SSSR count). The van der Waals surface area contributed by atoms with Gasteiger partial charge in [0.1, 0.15) is 30.3 Å². The van der Waals surface area contributed by atoms with Gasteiger partial charge in [-0.3, -0.25) is 9.59 Å². The number of rotatable bonds is 16. The summed E-state index contributed by atoms with van der Waals surface area (Å²) in [6.07, 6.45) is 1.47. The molecule has 9 heteroatoms. The number of nitrogens with one attached hydrogen (secondary N) is 3. The van der Waals surface area contributed by atoms with Crippen LogP contribution in [0.15, 0.2) is 91.0 Å². The first-order valence-corrected chi connectivity index (χ1v) is 16.3. The zero-order chi connectivity index (χ0) is 34.2. The Kier molecular flexibility index (Phi) is 14.5. The molecular formula is C38H49N3O6. The van der Waals surface area contributed by atoms with Crippen molar-refractivity contribution in [2.45, 2.75) is 97.1 Å². The summed E-state index contributed by atoms with van der Waals surface area (Å²) in [6, 6.07) is 25.6. The number of alkyl carbamates (subject to hydrolysis) is 1. The summed E-state index contributed by atoms with van der Waals surface area (Å²) >= 11 is 0. The molecule has 9 nitrogen and oxygen atoms in total. The lowest BCUT2D eigenvalue weighted by molar-refractivity contribution is -0.149. The molecule has 0 aliphatic heterocycles. The van der Waals surface area contributed by atoms with Crippen molar-refractivity contribution in [3.8, 4) is 0 Å². The molecule has 252 valence electrons. The number of carbonyl (C=O) groups excluding carboxylic acids is 4. The maximum Gasteiger partial charge on any atom is 0.408 e. The maximum absolute atomic E-state index is 13.8. The number of esters is 1. The van der Waals surface area contributed by atoms with Crippen LogP contribution >= 0.6 is 0 Å². The molecule has 0 bridgehead atoms. The molecule has 0 aromatic heterocycles. The molecular weight excluding hydrogens is 594 g/mol. The van der Waals surface area contributed by atoms with Crippen molar-refractivity contribution in [2.75, 3.05) is 0 Å². The van der Waals surface area contributed by atoms with E-state index >= 15 is 0 Å². The number of carbonyl (C=O) groups is 4. The Labute approximate surface area is 278 Å². The molecule has 0 aliphatic rings. The van der Waals surface area contributed by atoms with Crippen molar-refractivity contribution < 1.29 is 28.7 Å². The third-order valence-corrected chi connectivity index (χ3v) is 7.26. The van der Waals surface area contributed by atoms with Gasteiger partial charge in [0.05, 0.1) is 0 Å². The van der Waals surface area contributed by atoms with E-state index in [1.165, 1.54) is 0 Å². The Bertz CT molecular complexity index is 1410. The van der Waals surface area contributed by atoms with E-state index < -0.39 is 47.6 Å². The van der Waals surface area contributed by atoms with Crippen LogP contribution in [0.3, 0.4) is 0 Å². The summed E-state index contributed by atoms with van der Waals surface area (Å²) in [7, 11) is 0. The summed E-state index contributed by atoms with van der Waals surface area (Å²) in [5, 5.41) is 8.41. The van der Waals surface area contributed by atoms with Gasteiger partial charge in [0, 0.05) is 6.42 Å². The molecule has 3 atom stereocenters. The van der Waals surface area contributed by atoms with Crippen molar-refractivity contribution in [1.29, 1.82) is 0 Å². The van der Waals surface area contributed by atoms with Crippen molar-refractivity contribution in [1.82, 2.24) is 16.0 Å². The Morgan fingerprint density at radius 2 is 1.17 bits per heavy atom. The second-order valence-corrected chi connectivity index (χ2v) is 13.1. The second-order valence-electron chi connectivity index (χ2n) is 13.1. The van der Waals surface area contributed by atoms with E-state index in [1.807, 2.05) is 105 Å². The lowest BCUT2D eigenvalue weighted by Crippen LogP contribution is -2.56. The number of amides is 3. The van der Waals surface area contributed by atoms with Gasteiger partial charge in [-0.15, -0.1) is 0 Å². The normalized spacial score (nSPS) is 13.1. The Balaban J connectivity index is 1.75. The number of hydrogen-bond acceptors (Lipinski definition) is 6. The van der Waals surface area contributed by atoms with Crippen LogP contribution in [0.5, 0.6) is 0 Å². The maximum atomic E-state index is 13.8. The van der Waals surface area contributed by atoms with Gasteiger partial charge in [-0.2, -0.15) is 0 Å². The molecule has 0 heterocycles. The van der Waals surface area contributed by atoms with Crippen molar-refractivity contribution in [2.24, 2.45) is 5.92 Å². The number of benzene rings is 3. The molecule has 47 heavy (non-hydrogen) atoms. The summed E-state index contributed by atoms with van der Waals surface area (Å²) in [5.74, 6) is -1.55. The predicted molar refractivity (Wildman–Crippen MR) is 182 cm³/mol. The molecule has 0 saturated heterocycles. The highest BCUT2D eigenvalue weighted by Gasteiger charge is 2.31. The third kappa shape index (κ3) is 14.1. The van der Waals surface area contributed by atoms with Gasteiger partial charge in [0.15, 0.2) is 0 Å². The van der Waals surface area contributed by atoms with Gasteiger partial charge in [-0.25, -0.2) is 9.59 Å². The second kappa shape index (κ2) is 18.5. The van der Waals surface area contributed by atoms with E-state index in [4.69, 9.17) is 9.47 Å². The zero-order valence-corrected chi connectivity index (χ0v) is 28.2. The third-order valence-electron chi connectivity index (χ3n) is 7.26. The molecule has 0 spiro atoms. The van der Waals surface area contributed by atoms with E-state index in [2.05, 4.69) is 16.0 Å². The summed E-state index contributed by atoms with van der Waals surface area (Å²) in [6.45, 7) is 9.19. The molecule has 0 saturated carbocycles. The first-order chi connectivity index (χ1) is 22.4. The van der Waals surface area contributed by atoms with E-state index in [0.717, 1.165) is 16.7 Å². The molecule has 0 fully saturated rings. The quantitative estimate of drug-likeness (QED) is 0.167. The van der Waals surface area contributed by atoms with E-state index in [0.29, 0.717) is 25.7 Å². The molecule has 3 amide bonds. The first-order valence-electron chi connectivity index (χ1n) is 16.3. The fourth-order valence-electron chi connectivity index (χ4n) is 4.99. The molecule has 3 aromatic rings. The lowest BCUT2D eigenvalue weighted by Gasteiger charge is -2.27. The van der Waals surface area contributed by atoms with Crippen LogP contribution in [0.25, 0.3) is 0 Å². The van der Waals surface area contributed by atoms with Crippen LogP contribution in [-0.4, -0.2) is 47.6 Å². The highest BCUT2D eigenvalue weighted by molar-refractivity contribution is 5.93. The van der Waals surface area contributed by atoms with Crippen LogP contribution < -0.4 is 16.0 Å². The van der Waals surface area contributed by atoms with Gasteiger partial charge in [0.2, 0.25) is 11.8 Å². The minimum atomic E-state index is -0.985. The first kappa shape index (κ1) is 36.8. The highest BCUT2D eigenvalue weighted by atomic mass is 16.6. The van der Waals surface area contributed by atoms with Crippen LogP contribution in [-0.2, 0) is 43.3 Å². The van der Waals surface area contributed by atoms with Crippen LogP contribution in [0.4, 0.5) is 4.79 Å². The highest BCUT2D eigenvalue weighted by Crippen LogP contribution is 2.13.